The number of ether oxygens (including phenoxy) is 2. The lowest BCUT2D eigenvalue weighted by Gasteiger charge is -2.07. The average molecular weight is 431 g/mol. The molecule has 2 aromatic carbocycles. The molecular weight excluding hydrogens is 403 g/mol. The van der Waals surface area contributed by atoms with Gasteiger partial charge in [0.25, 0.3) is 5.91 Å². The molecule has 7 heteroatoms. The van der Waals surface area contributed by atoms with E-state index in [1.807, 2.05) is 17.6 Å². The molecule has 0 saturated heterocycles. The first kappa shape index (κ1) is 22.2. The van der Waals surface area contributed by atoms with E-state index in [9.17, 15) is 9.18 Å². The SMILES string of the molecule is CCCCCOc1cccc(C(=O)N=c2sc3cc(F)ccc3n2CCOCC)c1. The summed E-state index contributed by atoms with van der Waals surface area (Å²) in [6.45, 7) is 6.33. The Hall–Kier alpha value is -2.51. The van der Waals surface area contributed by atoms with Crippen molar-refractivity contribution in [1.82, 2.24) is 4.57 Å². The van der Waals surface area contributed by atoms with Crippen molar-refractivity contribution in [3.8, 4) is 5.75 Å². The zero-order chi connectivity index (χ0) is 21.3. The summed E-state index contributed by atoms with van der Waals surface area (Å²) in [5.41, 5.74) is 1.30. The molecule has 1 aromatic heterocycles. The molecule has 0 atom stereocenters. The number of unbranched alkanes of at least 4 members (excludes halogenated alkanes) is 2. The molecule has 0 fully saturated rings. The predicted octanol–water partition coefficient (Wildman–Crippen LogP) is 5.19. The van der Waals surface area contributed by atoms with Crippen LogP contribution in [0.1, 0.15) is 43.5 Å². The summed E-state index contributed by atoms with van der Waals surface area (Å²) in [6, 6.07) is 11.7. The number of carbonyl (C=O) groups is 1. The fourth-order valence-corrected chi connectivity index (χ4v) is 4.14. The van der Waals surface area contributed by atoms with Gasteiger partial charge in [0, 0.05) is 18.7 Å². The van der Waals surface area contributed by atoms with Crippen molar-refractivity contribution < 1.29 is 18.7 Å². The Morgan fingerprint density at radius 2 is 2.00 bits per heavy atom. The first-order chi connectivity index (χ1) is 14.6. The summed E-state index contributed by atoms with van der Waals surface area (Å²) in [5.74, 6) is -0.00695. The molecule has 0 aliphatic rings. The van der Waals surface area contributed by atoms with Gasteiger partial charge in [-0.15, -0.1) is 0 Å². The molecule has 1 heterocycles. The van der Waals surface area contributed by atoms with E-state index in [1.54, 1.807) is 24.3 Å². The highest BCUT2D eigenvalue weighted by Crippen LogP contribution is 2.19. The second kappa shape index (κ2) is 11.0. The number of hydrogen-bond acceptors (Lipinski definition) is 4. The maximum absolute atomic E-state index is 13.7. The monoisotopic (exact) mass is 430 g/mol. The van der Waals surface area contributed by atoms with Gasteiger partial charge in [-0.05, 0) is 49.7 Å². The third-order valence-electron chi connectivity index (χ3n) is 4.60. The number of benzene rings is 2. The summed E-state index contributed by atoms with van der Waals surface area (Å²) in [5, 5.41) is 0. The predicted molar refractivity (Wildman–Crippen MR) is 118 cm³/mol. The van der Waals surface area contributed by atoms with Crippen LogP contribution in [0.15, 0.2) is 47.5 Å². The summed E-state index contributed by atoms with van der Waals surface area (Å²) in [7, 11) is 0. The van der Waals surface area contributed by atoms with Crippen molar-refractivity contribution in [3.63, 3.8) is 0 Å². The van der Waals surface area contributed by atoms with Crippen molar-refractivity contribution in [2.45, 2.75) is 39.7 Å². The van der Waals surface area contributed by atoms with Crippen LogP contribution in [0.25, 0.3) is 10.2 Å². The summed E-state index contributed by atoms with van der Waals surface area (Å²) < 4.78 is 27.5. The molecule has 1 amide bonds. The fourth-order valence-electron chi connectivity index (χ4n) is 3.06. The van der Waals surface area contributed by atoms with Gasteiger partial charge in [-0.3, -0.25) is 4.79 Å². The van der Waals surface area contributed by atoms with E-state index in [0.717, 1.165) is 29.5 Å². The quantitative estimate of drug-likeness (QED) is 0.416. The van der Waals surface area contributed by atoms with Crippen molar-refractivity contribution in [2.75, 3.05) is 19.8 Å². The molecule has 0 aliphatic heterocycles. The van der Waals surface area contributed by atoms with E-state index in [4.69, 9.17) is 9.47 Å². The van der Waals surface area contributed by atoms with Crippen LogP contribution in [0.3, 0.4) is 0 Å². The Labute approximate surface area is 179 Å². The summed E-state index contributed by atoms with van der Waals surface area (Å²) in [6.07, 6.45) is 3.22. The van der Waals surface area contributed by atoms with E-state index >= 15 is 0 Å². The van der Waals surface area contributed by atoms with Gasteiger partial charge in [0.2, 0.25) is 0 Å². The molecule has 3 rings (SSSR count). The van der Waals surface area contributed by atoms with Crippen LogP contribution in [0.2, 0.25) is 0 Å². The molecule has 0 unspecified atom stereocenters. The fraction of sp³-hybridized carbons (Fsp3) is 0.391. The average Bonchev–Trinajstić information content (AvgIpc) is 3.07. The maximum Gasteiger partial charge on any atom is 0.279 e. The van der Waals surface area contributed by atoms with Gasteiger partial charge in [-0.25, -0.2) is 4.39 Å². The minimum atomic E-state index is -0.355. The van der Waals surface area contributed by atoms with E-state index < -0.39 is 0 Å². The second-order valence-electron chi connectivity index (χ2n) is 6.85. The molecule has 160 valence electrons. The van der Waals surface area contributed by atoms with Crippen molar-refractivity contribution >= 4 is 27.5 Å². The standard InChI is InChI=1S/C23H27FN2O3S/c1-3-5-6-13-29-19-9-7-8-17(15-19)22(27)25-23-26(12-14-28-4-2)20-11-10-18(24)16-21(20)30-23/h7-11,15-16H,3-6,12-14H2,1-2H3. The van der Waals surface area contributed by atoms with Gasteiger partial charge in [0.1, 0.15) is 11.6 Å². The minimum Gasteiger partial charge on any atom is -0.494 e. The van der Waals surface area contributed by atoms with Gasteiger partial charge in [-0.2, -0.15) is 4.99 Å². The van der Waals surface area contributed by atoms with Crippen LogP contribution < -0.4 is 9.54 Å². The number of amides is 1. The lowest BCUT2D eigenvalue weighted by molar-refractivity contribution is 0.0996. The summed E-state index contributed by atoms with van der Waals surface area (Å²) >= 11 is 1.29. The van der Waals surface area contributed by atoms with Gasteiger partial charge in [0.05, 0.1) is 23.4 Å². The first-order valence-electron chi connectivity index (χ1n) is 10.3. The van der Waals surface area contributed by atoms with Crippen LogP contribution in [-0.2, 0) is 11.3 Å². The highest BCUT2D eigenvalue weighted by atomic mass is 32.1. The minimum absolute atomic E-state index is 0.313. The van der Waals surface area contributed by atoms with Crippen molar-refractivity contribution in [1.29, 1.82) is 0 Å². The normalized spacial score (nSPS) is 11.9. The number of rotatable bonds is 10. The van der Waals surface area contributed by atoms with Gasteiger partial charge >= 0.3 is 0 Å². The Bertz CT molecular complexity index is 1060. The molecule has 30 heavy (non-hydrogen) atoms. The van der Waals surface area contributed by atoms with Gasteiger partial charge in [-0.1, -0.05) is 37.2 Å². The van der Waals surface area contributed by atoms with E-state index in [1.165, 1.54) is 23.5 Å². The number of aromatic nitrogens is 1. The Morgan fingerprint density at radius 1 is 1.13 bits per heavy atom. The van der Waals surface area contributed by atoms with Gasteiger partial charge < -0.3 is 14.0 Å². The molecule has 0 radical (unpaired) electrons. The lowest BCUT2D eigenvalue weighted by Crippen LogP contribution is -2.19. The summed E-state index contributed by atoms with van der Waals surface area (Å²) in [4.78, 5) is 17.7. The molecule has 0 saturated carbocycles. The van der Waals surface area contributed by atoms with Crippen LogP contribution in [-0.4, -0.2) is 30.3 Å². The molecule has 5 nitrogen and oxygen atoms in total. The maximum atomic E-state index is 13.7. The van der Waals surface area contributed by atoms with Gasteiger partial charge in [0.15, 0.2) is 4.80 Å². The zero-order valence-electron chi connectivity index (χ0n) is 17.4. The smallest absolute Gasteiger partial charge is 0.279 e. The number of nitrogens with zero attached hydrogens (tertiary/aromatic N) is 2. The topological polar surface area (TPSA) is 52.8 Å². The number of halogens is 1. The van der Waals surface area contributed by atoms with Crippen LogP contribution in [0, 0.1) is 5.82 Å². The Balaban J connectivity index is 1.88. The molecule has 0 spiro atoms. The van der Waals surface area contributed by atoms with E-state index in [0.29, 0.717) is 42.5 Å². The molecule has 3 aromatic rings. The highest BCUT2D eigenvalue weighted by Gasteiger charge is 2.11. The first-order valence-corrected chi connectivity index (χ1v) is 11.1. The largest absolute Gasteiger partial charge is 0.494 e. The van der Waals surface area contributed by atoms with Crippen molar-refractivity contribution in [2.24, 2.45) is 4.99 Å². The number of fused-ring (bicyclic) bond motifs is 1. The Kier molecular flexibility index (Phi) is 8.16. The molecule has 0 bridgehead atoms. The molecule has 0 N–H and O–H groups in total. The van der Waals surface area contributed by atoms with E-state index in [2.05, 4.69) is 11.9 Å². The number of thiazole rings is 1. The third kappa shape index (κ3) is 5.77. The number of hydrogen-bond donors (Lipinski definition) is 0. The zero-order valence-corrected chi connectivity index (χ0v) is 18.2. The molecule has 0 aliphatic carbocycles. The lowest BCUT2D eigenvalue weighted by atomic mass is 10.2. The Morgan fingerprint density at radius 3 is 2.80 bits per heavy atom. The van der Waals surface area contributed by atoms with E-state index in [-0.39, 0.29) is 11.7 Å². The van der Waals surface area contributed by atoms with Crippen molar-refractivity contribution in [3.05, 3.63) is 58.6 Å². The second-order valence-corrected chi connectivity index (χ2v) is 7.85. The molecular formula is C23H27FN2O3S. The number of carbonyl (C=O) groups excluding carboxylic acids is 1. The van der Waals surface area contributed by atoms with Crippen LogP contribution >= 0.6 is 11.3 Å². The van der Waals surface area contributed by atoms with Crippen LogP contribution in [0.5, 0.6) is 5.75 Å². The third-order valence-corrected chi connectivity index (χ3v) is 5.64. The van der Waals surface area contributed by atoms with Crippen LogP contribution in [0.4, 0.5) is 4.39 Å². The highest BCUT2D eigenvalue weighted by molar-refractivity contribution is 7.16.